The van der Waals surface area contributed by atoms with Crippen molar-refractivity contribution in [1.29, 1.82) is 0 Å². The number of carbonyl (C=O) groups is 2. The van der Waals surface area contributed by atoms with Crippen LogP contribution in [0.1, 0.15) is 39.7 Å². The molecular weight excluding hydrogens is 378 g/mol. The zero-order valence-corrected chi connectivity index (χ0v) is 17.8. The summed E-state index contributed by atoms with van der Waals surface area (Å²) in [6.45, 7) is 9.36. The summed E-state index contributed by atoms with van der Waals surface area (Å²) < 4.78 is 26.9. The molecule has 1 aromatic carbocycles. The van der Waals surface area contributed by atoms with Crippen molar-refractivity contribution in [2.75, 3.05) is 31.1 Å². The highest BCUT2D eigenvalue weighted by atomic mass is 32.2. The van der Waals surface area contributed by atoms with E-state index in [-0.39, 0.29) is 35.1 Å². The van der Waals surface area contributed by atoms with Gasteiger partial charge in [-0.2, -0.15) is 4.31 Å². The van der Waals surface area contributed by atoms with Crippen molar-refractivity contribution >= 4 is 27.5 Å². The normalized spacial score (nSPS) is 19.8. The van der Waals surface area contributed by atoms with E-state index in [9.17, 15) is 18.0 Å². The van der Waals surface area contributed by atoms with Gasteiger partial charge in [0.15, 0.2) is 0 Å². The number of fused-ring (bicyclic) bond motifs is 1. The van der Waals surface area contributed by atoms with Crippen LogP contribution in [0.15, 0.2) is 23.1 Å². The Hall–Kier alpha value is -1.93. The van der Waals surface area contributed by atoms with E-state index in [1.165, 1.54) is 4.31 Å². The van der Waals surface area contributed by atoms with E-state index in [0.29, 0.717) is 32.6 Å². The summed E-state index contributed by atoms with van der Waals surface area (Å²) in [5.41, 5.74) is 1.63. The topological polar surface area (TPSA) is 78.0 Å². The highest BCUT2D eigenvalue weighted by Crippen LogP contribution is 2.33. The minimum Gasteiger partial charge on any atom is -0.339 e. The Labute approximate surface area is 167 Å². The van der Waals surface area contributed by atoms with Gasteiger partial charge in [-0.1, -0.05) is 13.8 Å². The molecule has 0 aromatic heterocycles. The van der Waals surface area contributed by atoms with Gasteiger partial charge in [-0.3, -0.25) is 9.59 Å². The van der Waals surface area contributed by atoms with Gasteiger partial charge in [-0.25, -0.2) is 8.42 Å². The lowest BCUT2D eigenvalue weighted by atomic mass is 10.1. The summed E-state index contributed by atoms with van der Waals surface area (Å²) in [4.78, 5) is 28.9. The third kappa shape index (κ3) is 3.55. The monoisotopic (exact) mass is 407 g/mol. The largest absolute Gasteiger partial charge is 0.339 e. The van der Waals surface area contributed by atoms with E-state index >= 15 is 0 Å². The maximum atomic E-state index is 13.0. The van der Waals surface area contributed by atoms with E-state index < -0.39 is 10.0 Å². The zero-order chi connectivity index (χ0) is 20.6. The second-order valence-electron chi connectivity index (χ2n) is 7.66. The first kappa shape index (κ1) is 20.8. The Morgan fingerprint density at radius 2 is 1.93 bits per heavy atom. The van der Waals surface area contributed by atoms with Crippen molar-refractivity contribution in [2.45, 2.75) is 51.5 Å². The highest BCUT2D eigenvalue weighted by molar-refractivity contribution is 7.89. The minimum atomic E-state index is -3.52. The summed E-state index contributed by atoms with van der Waals surface area (Å²) in [5.74, 6) is -0.358. The maximum absolute atomic E-state index is 13.0. The predicted octanol–water partition coefficient (Wildman–Crippen LogP) is 1.86. The molecular formula is C20H29N3O4S. The lowest BCUT2D eigenvalue weighted by Crippen LogP contribution is -2.37. The van der Waals surface area contributed by atoms with Crippen LogP contribution < -0.4 is 4.90 Å². The number of amides is 2. The fraction of sp³-hybridized carbons (Fsp3) is 0.600. The molecule has 154 valence electrons. The van der Waals surface area contributed by atoms with Gasteiger partial charge >= 0.3 is 0 Å². The molecule has 8 heteroatoms. The lowest BCUT2D eigenvalue weighted by molar-refractivity contribution is -0.129. The van der Waals surface area contributed by atoms with Gasteiger partial charge in [0.25, 0.3) is 0 Å². The minimum absolute atomic E-state index is 0.0217. The van der Waals surface area contributed by atoms with Crippen LogP contribution in [0.5, 0.6) is 0 Å². The molecule has 1 saturated heterocycles. The van der Waals surface area contributed by atoms with Gasteiger partial charge in [0.1, 0.15) is 0 Å². The summed E-state index contributed by atoms with van der Waals surface area (Å²) in [5, 5.41) is 0. The molecule has 28 heavy (non-hydrogen) atoms. The van der Waals surface area contributed by atoms with Gasteiger partial charge < -0.3 is 9.80 Å². The number of benzene rings is 1. The molecule has 0 N–H and O–H groups in total. The molecule has 0 spiro atoms. The maximum Gasteiger partial charge on any atom is 0.243 e. The molecule has 0 radical (unpaired) electrons. The average molecular weight is 408 g/mol. The number of nitrogens with zero attached hydrogens (tertiary/aromatic N) is 3. The first-order valence-electron chi connectivity index (χ1n) is 9.94. The fourth-order valence-electron chi connectivity index (χ4n) is 4.10. The van der Waals surface area contributed by atoms with Crippen molar-refractivity contribution < 1.29 is 18.0 Å². The van der Waals surface area contributed by atoms with E-state index in [2.05, 4.69) is 0 Å². The number of hydrogen-bond acceptors (Lipinski definition) is 4. The van der Waals surface area contributed by atoms with E-state index in [1.54, 1.807) is 28.0 Å². The first-order valence-corrected chi connectivity index (χ1v) is 11.4. The Kier molecular flexibility index (Phi) is 5.82. The van der Waals surface area contributed by atoms with Gasteiger partial charge in [-0.15, -0.1) is 0 Å². The first-order chi connectivity index (χ1) is 13.2. The third-order valence-corrected chi connectivity index (χ3v) is 7.73. The van der Waals surface area contributed by atoms with Gasteiger partial charge in [-0.05, 0) is 44.0 Å². The highest BCUT2D eigenvalue weighted by Gasteiger charge is 2.39. The molecule has 1 aromatic rings. The number of rotatable bonds is 6. The summed E-state index contributed by atoms with van der Waals surface area (Å²) in [6.07, 6.45) is 0.870. The number of anilines is 1. The average Bonchev–Trinajstić information content (AvgIpc) is 3.25. The molecule has 3 rings (SSSR count). The summed E-state index contributed by atoms with van der Waals surface area (Å²) >= 11 is 0. The van der Waals surface area contributed by atoms with E-state index in [1.807, 2.05) is 27.7 Å². The molecule has 2 aliphatic heterocycles. The molecule has 0 aliphatic carbocycles. The van der Waals surface area contributed by atoms with Gasteiger partial charge in [0.2, 0.25) is 21.8 Å². The van der Waals surface area contributed by atoms with Crippen LogP contribution in [0.2, 0.25) is 0 Å². The molecule has 2 heterocycles. The van der Waals surface area contributed by atoms with Crippen LogP contribution in [-0.4, -0.2) is 61.7 Å². The van der Waals surface area contributed by atoms with Crippen molar-refractivity contribution in [2.24, 2.45) is 5.92 Å². The third-order valence-electron chi connectivity index (χ3n) is 5.69. The van der Waals surface area contributed by atoms with Crippen LogP contribution >= 0.6 is 0 Å². The second-order valence-corrected chi connectivity index (χ2v) is 9.60. The molecule has 2 amide bonds. The predicted molar refractivity (Wildman–Crippen MR) is 108 cm³/mol. The second kappa shape index (κ2) is 7.83. The van der Waals surface area contributed by atoms with Crippen molar-refractivity contribution in [3.63, 3.8) is 0 Å². The van der Waals surface area contributed by atoms with Crippen LogP contribution in [0, 0.1) is 5.92 Å². The molecule has 0 saturated carbocycles. The quantitative estimate of drug-likeness (QED) is 0.721. The van der Waals surface area contributed by atoms with Crippen LogP contribution in [0.4, 0.5) is 5.69 Å². The standard InChI is InChI=1S/C20H29N3O4S/c1-5-21(6-2)28(26,27)17-7-8-18-15(11-17)9-10-22(18)20(25)16-12-19(24)23(13-16)14(3)4/h7-8,11,14,16H,5-6,9-10,12-13H2,1-4H3. The smallest absolute Gasteiger partial charge is 0.243 e. The van der Waals surface area contributed by atoms with Crippen LogP contribution in [0.25, 0.3) is 0 Å². The van der Waals surface area contributed by atoms with Crippen molar-refractivity contribution in [1.82, 2.24) is 9.21 Å². The Morgan fingerprint density at radius 1 is 1.25 bits per heavy atom. The molecule has 0 bridgehead atoms. The van der Waals surface area contributed by atoms with Gasteiger partial charge in [0.05, 0.1) is 10.8 Å². The SMILES string of the molecule is CCN(CC)S(=O)(=O)c1ccc2c(c1)CCN2C(=O)C1CC(=O)N(C(C)C)C1. The molecule has 2 aliphatic rings. The van der Waals surface area contributed by atoms with E-state index in [4.69, 9.17) is 0 Å². The summed E-state index contributed by atoms with van der Waals surface area (Å²) in [6, 6.07) is 5.09. The van der Waals surface area contributed by atoms with E-state index in [0.717, 1.165) is 11.3 Å². The molecule has 7 nitrogen and oxygen atoms in total. The van der Waals surface area contributed by atoms with Crippen molar-refractivity contribution in [3.8, 4) is 0 Å². The number of sulfonamides is 1. The lowest BCUT2D eigenvalue weighted by Gasteiger charge is -2.23. The number of hydrogen-bond donors (Lipinski definition) is 0. The van der Waals surface area contributed by atoms with Crippen molar-refractivity contribution in [3.05, 3.63) is 23.8 Å². The van der Waals surface area contributed by atoms with Gasteiger partial charge in [0, 0.05) is 44.3 Å². The molecule has 1 atom stereocenters. The number of carbonyl (C=O) groups excluding carboxylic acids is 2. The Morgan fingerprint density at radius 3 is 2.50 bits per heavy atom. The Bertz CT molecular complexity index is 877. The van der Waals surface area contributed by atoms with Crippen LogP contribution in [0.3, 0.4) is 0 Å². The van der Waals surface area contributed by atoms with Crippen LogP contribution in [-0.2, 0) is 26.0 Å². The Balaban J connectivity index is 1.82. The number of likely N-dealkylation sites (tertiary alicyclic amines) is 1. The zero-order valence-electron chi connectivity index (χ0n) is 17.0. The molecule has 1 fully saturated rings. The fourth-order valence-corrected chi connectivity index (χ4v) is 5.61. The summed E-state index contributed by atoms with van der Waals surface area (Å²) in [7, 11) is -3.52. The molecule has 1 unspecified atom stereocenters.